The highest BCUT2D eigenvalue weighted by atomic mass is 32.2. The number of thioether (sulfide) groups is 1. The average molecular weight is 400 g/mol. The third kappa shape index (κ3) is 6.38. The first-order valence-electron chi connectivity index (χ1n) is 8.94. The second-order valence-electron chi connectivity index (χ2n) is 6.04. The van der Waals surface area contributed by atoms with Gasteiger partial charge in [0.2, 0.25) is 0 Å². The summed E-state index contributed by atoms with van der Waals surface area (Å²) in [4.78, 5) is 16.2. The fourth-order valence-electron chi connectivity index (χ4n) is 2.42. The number of halogens is 1. The van der Waals surface area contributed by atoms with Crippen LogP contribution in [0, 0.1) is 5.82 Å². The SMILES string of the molecule is O=C(NCCCCOc1ccc(F)cc1)c1ccc(CSc2ncn[nH]2)cc1. The fourth-order valence-corrected chi connectivity index (χ4v) is 3.15. The number of amides is 1. The summed E-state index contributed by atoms with van der Waals surface area (Å²) in [6.45, 7) is 1.10. The van der Waals surface area contributed by atoms with Crippen LogP contribution in [0.25, 0.3) is 0 Å². The molecule has 0 radical (unpaired) electrons. The van der Waals surface area contributed by atoms with Crippen LogP contribution in [-0.2, 0) is 5.75 Å². The van der Waals surface area contributed by atoms with Crippen LogP contribution in [0.2, 0.25) is 0 Å². The highest BCUT2D eigenvalue weighted by Gasteiger charge is 2.05. The summed E-state index contributed by atoms with van der Waals surface area (Å²) in [5, 5.41) is 10.3. The van der Waals surface area contributed by atoms with Crippen LogP contribution in [0.5, 0.6) is 5.75 Å². The number of hydrogen-bond acceptors (Lipinski definition) is 5. The van der Waals surface area contributed by atoms with Gasteiger partial charge in [-0.25, -0.2) is 9.37 Å². The standard InChI is InChI=1S/C20H21FN4O2S/c21-17-7-9-18(10-8-17)27-12-2-1-11-22-19(26)16-5-3-15(4-6-16)13-28-20-23-14-24-25-20/h3-10,14H,1-2,11-13H2,(H,22,26)(H,23,24,25). The quantitative estimate of drug-likeness (QED) is 0.399. The van der Waals surface area contributed by atoms with Crippen molar-refractivity contribution in [1.29, 1.82) is 0 Å². The molecule has 0 saturated carbocycles. The number of benzene rings is 2. The summed E-state index contributed by atoms with van der Waals surface area (Å²) in [5.74, 6) is 1.03. The van der Waals surface area contributed by atoms with E-state index >= 15 is 0 Å². The van der Waals surface area contributed by atoms with E-state index in [1.54, 1.807) is 23.9 Å². The highest BCUT2D eigenvalue weighted by molar-refractivity contribution is 7.98. The average Bonchev–Trinajstić information content (AvgIpc) is 3.24. The number of nitrogens with one attached hydrogen (secondary N) is 2. The van der Waals surface area contributed by atoms with Gasteiger partial charge in [-0.05, 0) is 54.8 Å². The summed E-state index contributed by atoms with van der Waals surface area (Å²) in [6.07, 6.45) is 3.08. The van der Waals surface area contributed by atoms with Crippen molar-refractivity contribution in [3.8, 4) is 5.75 Å². The zero-order valence-electron chi connectivity index (χ0n) is 15.2. The van der Waals surface area contributed by atoms with Gasteiger partial charge in [-0.15, -0.1) is 0 Å². The predicted octanol–water partition coefficient (Wildman–Crippen LogP) is 3.83. The van der Waals surface area contributed by atoms with E-state index in [0.29, 0.717) is 24.5 Å². The molecular formula is C20H21FN4O2S. The van der Waals surface area contributed by atoms with Crippen LogP contribution in [-0.4, -0.2) is 34.2 Å². The zero-order chi connectivity index (χ0) is 19.6. The third-order valence-electron chi connectivity index (χ3n) is 3.92. The maximum atomic E-state index is 12.8. The molecule has 0 atom stereocenters. The Hall–Kier alpha value is -2.87. The van der Waals surface area contributed by atoms with Gasteiger partial charge in [0.1, 0.15) is 17.9 Å². The molecule has 8 heteroatoms. The van der Waals surface area contributed by atoms with Crippen molar-refractivity contribution in [3.05, 3.63) is 71.8 Å². The normalized spacial score (nSPS) is 10.6. The van der Waals surface area contributed by atoms with Gasteiger partial charge in [0.15, 0.2) is 5.16 Å². The molecule has 0 fully saturated rings. The first kappa shape index (κ1) is 19.9. The van der Waals surface area contributed by atoms with Crippen LogP contribution < -0.4 is 10.1 Å². The molecule has 1 amide bonds. The molecule has 3 aromatic rings. The highest BCUT2D eigenvalue weighted by Crippen LogP contribution is 2.18. The van der Waals surface area contributed by atoms with Crippen LogP contribution in [0.15, 0.2) is 60.0 Å². The third-order valence-corrected chi connectivity index (χ3v) is 4.87. The van der Waals surface area contributed by atoms with E-state index in [1.807, 2.05) is 24.3 Å². The first-order valence-corrected chi connectivity index (χ1v) is 9.93. The van der Waals surface area contributed by atoms with Gasteiger partial charge in [0.05, 0.1) is 6.61 Å². The fraction of sp³-hybridized carbons (Fsp3) is 0.250. The molecule has 0 bridgehead atoms. The molecule has 0 spiro atoms. The summed E-state index contributed by atoms with van der Waals surface area (Å²) >= 11 is 1.55. The van der Waals surface area contributed by atoms with Gasteiger partial charge in [-0.3, -0.25) is 9.89 Å². The molecular weight excluding hydrogens is 379 g/mol. The van der Waals surface area contributed by atoms with Gasteiger partial charge in [0, 0.05) is 17.9 Å². The molecule has 2 aromatic carbocycles. The lowest BCUT2D eigenvalue weighted by atomic mass is 10.1. The number of carbonyl (C=O) groups is 1. The number of nitrogens with zero attached hydrogens (tertiary/aromatic N) is 2. The Labute approximate surface area is 166 Å². The summed E-state index contributed by atoms with van der Waals surface area (Å²) in [7, 11) is 0. The summed E-state index contributed by atoms with van der Waals surface area (Å²) in [5.41, 5.74) is 1.74. The Morgan fingerprint density at radius 2 is 1.89 bits per heavy atom. The largest absolute Gasteiger partial charge is 0.494 e. The molecule has 6 nitrogen and oxygen atoms in total. The smallest absolute Gasteiger partial charge is 0.251 e. The van der Waals surface area contributed by atoms with Crippen molar-refractivity contribution in [1.82, 2.24) is 20.5 Å². The Morgan fingerprint density at radius 3 is 2.61 bits per heavy atom. The Balaban J connectivity index is 1.31. The molecule has 146 valence electrons. The topological polar surface area (TPSA) is 79.9 Å². The van der Waals surface area contributed by atoms with Crippen LogP contribution in [0.3, 0.4) is 0 Å². The molecule has 0 aliphatic carbocycles. The predicted molar refractivity (Wildman–Crippen MR) is 106 cm³/mol. The Kier molecular flexibility index (Phi) is 7.43. The van der Waals surface area contributed by atoms with Crippen LogP contribution in [0.1, 0.15) is 28.8 Å². The first-order chi connectivity index (χ1) is 13.7. The molecule has 3 rings (SSSR count). The summed E-state index contributed by atoms with van der Waals surface area (Å²) in [6, 6.07) is 13.5. The number of rotatable bonds is 10. The number of hydrogen-bond donors (Lipinski definition) is 2. The lowest BCUT2D eigenvalue weighted by Gasteiger charge is -2.08. The van der Waals surface area contributed by atoms with Gasteiger partial charge < -0.3 is 10.1 Å². The minimum atomic E-state index is -0.281. The molecule has 2 N–H and O–H groups in total. The minimum Gasteiger partial charge on any atom is -0.494 e. The van der Waals surface area contributed by atoms with E-state index in [0.717, 1.165) is 29.3 Å². The molecule has 28 heavy (non-hydrogen) atoms. The maximum absolute atomic E-state index is 12.8. The number of unbranched alkanes of at least 4 members (excludes halogenated alkanes) is 1. The molecule has 0 saturated heterocycles. The van der Waals surface area contributed by atoms with E-state index in [2.05, 4.69) is 20.5 Å². The maximum Gasteiger partial charge on any atom is 0.251 e. The van der Waals surface area contributed by atoms with Crippen molar-refractivity contribution in [2.45, 2.75) is 23.8 Å². The molecule has 1 heterocycles. The van der Waals surface area contributed by atoms with Gasteiger partial charge in [-0.2, -0.15) is 5.10 Å². The van der Waals surface area contributed by atoms with Crippen LogP contribution in [0.4, 0.5) is 4.39 Å². The summed E-state index contributed by atoms with van der Waals surface area (Å²) < 4.78 is 18.3. The van der Waals surface area contributed by atoms with Crippen molar-refractivity contribution in [2.75, 3.05) is 13.2 Å². The van der Waals surface area contributed by atoms with E-state index in [1.165, 1.54) is 18.5 Å². The number of aromatic amines is 1. The van der Waals surface area contributed by atoms with E-state index in [9.17, 15) is 9.18 Å². The number of aromatic nitrogens is 3. The second kappa shape index (κ2) is 10.5. The number of H-pyrrole nitrogens is 1. The lowest BCUT2D eigenvalue weighted by Crippen LogP contribution is -2.24. The Morgan fingerprint density at radius 1 is 1.11 bits per heavy atom. The molecule has 0 aliphatic rings. The molecule has 1 aromatic heterocycles. The van der Waals surface area contributed by atoms with E-state index in [-0.39, 0.29) is 11.7 Å². The number of carbonyl (C=O) groups excluding carboxylic acids is 1. The number of ether oxygens (including phenoxy) is 1. The second-order valence-corrected chi connectivity index (χ2v) is 7.01. The monoisotopic (exact) mass is 400 g/mol. The van der Waals surface area contributed by atoms with Crippen molar-refractivity contribution >= 4 is 17.7 Å². The van der Waals surface area contributed by atoms with E-state index < -0.39 is 0 Å². The van der Waals surface area contributed by atoms with Crippen molar-refractivity contribution < 1.29 is 13.9 Å². The van der Waals surface area contributed by atoms with Gasteiger partial charge in [0.25, 0.3) is 5.91 Å². The molecule has 0 unspecified atom stereocenters. The van der Waals surface area contributed by atoms with E-state index in [4.69, 9.17) is 4.74 Å². The van der Waals surface area contributed by atoms with Crippen LogP contribution >= 0.6 is 11.8 Å². The lowest BCUT2D eigenvalue weighted by molar-refractivity contribution is 0.0952. The Bertz CT molecular complexity index is 855. The zero-order valence-corrected chi connectivity index (χ0v) is 16.0. The molecule has 0 aliphatic heterocycles. The van der Waals surface area contributed by atoms with Crippen molar-refractivity contribution in [2.24, 2.45) is 0 Å². The minimum absolute atomic E-state index is 0.0890. The van der Waals surface area contributed by atoms with Gasteiger partial charge in [-0.1, -0.05) is 23.9 Å². The van der Waals surface area contributed by atoms with Crippen molar-refractivity contribution in [3.63, 3.8) is 0 Å². The van der Waals surface area contributed by atoms with Gasteiger partial charge >= 0.3 is 0 Å².